The lowest BCUT2D eigenvalue weighted by Crippen LogP contribution is -2.30. The van der Waals surface area contributed by atoms with Gasteiger partial charge in [-0.05, 0) is 36.4 Å². The molecule has 192 valence electrons. The van der Waals surface area contributed by atoms with E-state index in [1.54, 1.807) is 42.5 Å². The molecule has 5 rings (SSSR count). The number of imide groups is 1. The lowest BCUT2D eigenvalue weighted by atomic mass is 10.1. The Balaban J connectivity index is 1.63. The van der Waals surface area contributed by atoms with Crippen LogP contribution in [-0.2, 0) is 11.3 Å². The number of halogens is 5. The SMILES string of the molecule is O=C1NC(=Cc2c(-c3ccc(Cl)cc3)[nH]n(-c3c(Cl)cc(Br)cc3Cl)c2=O)C(=O)N1Cc1ccccc1F. The average Bonchev–Trinajstić information content (AvgIpc) is 3.31. The number of nitrogens with one attached hydrogen (secondary N) is 2. The minimum absolute atomic E-state index is 0.0544. The fourth-order valence-corrected chi connectivity index (χ4v) is 5.49. The molecular weight excluding hydrogens is 622 g/mol. The number of rotatable bonds is 5. The second kappa shape index (κ2) is 10.4. The zero-order valence-corrected chi connectivity index (χ0v) is 22.9. The number of carbonyl (C=O) groups excluding carboxylic acids is 2. The quantitative estimate of drug-likeness (QED) is 0.187. The summed E-state index contributed by atoms with van der Waals surface area (Å²) in [6, 6.07) is 14.9. The van der Waals surface area contributed by atoms with Crippen molar-refractivity contribution in [3.8, 4) is 16.9 Å². The maximum Gasteiger partial charge on any atom is 0.329 e. The van der Waals surface area contributed by atoms with Crippen LogP contribution < -0.4 is 10.9 Å². The molecule has 0 aliphatic carbocycles. The Bertz CT molecular complexity index is 1680. The molecule has 1 aliphatic heterocycles. The van der Waals surface area contributed by atoms with Crippen LogP contribution in [0.25, 0.3) is 23.0 Å². The van der Waals surface area contributed by atoms with Crippen molar-refractivity contribution in [2.24, 2.45) is 0 Å². The number of amides is 3. The van der Waals surface area contributed by atoms with E-state index >= 15 is 0 Å². The van der Waals surface area contributed by atoms with Crippen molar-refractivity contribution in [2.75, 3.05) is 0 Å². The number of benzene rings is 3. The molecule has 0 saturated carbocycles. The summed E-state index contributed by atoms with van der Waals surface area (Å²) in [5.74, 6) is -1.26. The maximum atomic E-state index is 14.2. The first kappa shape index (κ1) is 26.2. The number of H-pyrrole nitrogens is 1. The molecule has 1 fully saturated rings. The molecule has 7 nitrogen and oxygen atoms in total. The smallest absolute Gasteiger partial charge is 0.303 e. The first-order valence-electron chi connectivity index (χ1n) is 11.0. The van der Waals surface area contributed by atoms with E-state index in [1.165, 1.54) is 24.3 Å². The second-order valence-electron chi connectivity index (χ2n) is 8.24. The predicted molar refractivity (Wildman–Crippen MR) is 148 cm³/mol. The van der Waals surface area contributed by atoms with Gasteiger partial charge in [-0.1, -0.05) is 81.1 Å². The summed E-state index contributed by atoms with van der Waals surface area (Å²) >= 11 is 22.2. The van der Waals surface area contributed by atoms with Crippen LogP contribution in [0.5, 0.6) is 0 Å². The van der Waals surface area contributed by atoms with E-state index < -0.39 is 23.3 Å². The molecule has 3 amide bonds. The lowest BCUT2D eigenvalue weighted by Gasteiger charge is -2.12. The molecule has 2 N–H and O–H groups in total. The van der Waals surface area contributed by atoms with Crippen LogP contribution in [-0.4, -0.2) is 26.6 Å². The third-order valence-electron chi connectivity index (χ3n) is 5.80. The van der Waals surface area contributed by atoms with Gasteiger partial charge in [0.25, 0.3) is 11.5 Å². The number of carbonyl (C=O) groups is 2. The largest absolute Gasteiger partial charge is 0.329 e. The molecule has 0 radical (unpaired) electrons. The normalized spacial score (nSPS) is 14.4. The molecule has 38 heavy (non-hydrogen) atoms. The van der Waals surface area contributed by atoms with E-state index in [9.17, 15) is 18.8 Å². The van der Waals surface area contributed by atoms with Gasteiger partial charge in [0.05, 0.1) is 27.8 Å². The highest BCUT2D eigenvalue weighted by molar-refractivity contribution is 9.10. The molecule has 0 spiro atoms. The number of urea groups is 1. The zero-order valence-electron chi connectivity index (χ0n) is 19.1. The van der Waals surface area contributed by atoms with E-state index in [2.05, 4.69) is 26.3 Å². The summed E-state index contributed by atoms with van der Waals surface area (Å²) in [6.45, 7) is -0.278. The number of hydrogen-bond donors (Lipinski definition) is 2. The summed E-state index contributed by atoms with van der Waals surface area (Å²) in [7, 11) is 0. The van der Waals surface area contributed by atoms with Gasteiger partial charge in [-0.3, -0.25) is 19.6 Å². The molecule has 2 heterocycles. The van der Waals surface area contributed by atoms with Crippen molar-refractivity contribution in [3.05, 3.63) is 113 Å². The van der Waals surface area contributed by atoms with Gasteiger partial charge < -0.3 is 5.32 Å². The molecule has 0 unspecified atom stereocenters. The molecule has 0 bridgehead atoms. The van der Waals surface area contributed by atoms with Gasteiger partial charge in [0.2, 0.25) is 0 Å². The van der Waals surface area contributed by atoms with Crippen molar-refractivity contribution in [1.29, 1.82) is 0 Å². The topological polar surface area (TPSA) is 87.2 Å². The summed E-state index contributed by atoms with van der Waals surface area (Å²) in [5, 5.41) is 6.34. The lowest BCUT2D eigenvalue weighted by molar-refractivity contribution is -0.123. The molecule has 1 saturated heterocycles. The van der Waals surface area contributed by atoms with E-state index in [1.807, 2.05) is 0 Å². The Morgan fingerprint density at radius 2 is 1.61 bits per heavy atom. The summed E-state index contributed by atoms with van der Waals surface area (Å²) in [5.41, 5.74) is 0.581. The number of nitrogens with zero attached hydrogens (tertiary/aromatic N) is 2. The van der Waals surface area contributed by atoms with Gasteiger partial charge in [-0.25, -0.2) is 13.9 Å². The third-order valence-corrected chi connectivity index (χ3v) is 7.09. The van der Waals surface area contributed by atoms with Crippen LogP contribution in [0.1, 0.15) is 11.1 Å². The van der Waals surface area contributed by atoms with Crippen molar-refractivity contribution >= 4 is 68.7 Å². The van der Waals surface area contributed by atoms with Gasteiger partial charge >= 0.3 is 6.03 Å². The molecule has 0 atom stereocenters. The van der Waals surface area contributed by atoms with E-state index in [0.29, 0.717) is 20.8 Å². The monoisotopic (exact) mass is 634 g/mol. The minimum Gasteiger partial charge on any atom is -0.303 e. The Morgan fingerprint density at radius 1 is 0.947 bits per heavy atom. The van der Waals surface area contributed by atoms with Crippen LogP contribution in [0, 0.1) is 5.82 Å². The highest BCUT2D eigenvalue weighted by Crippen LogP contribution is 2.33. The van der Waals surface area contributed by atoms with E-state index in [-0.39, 0.29) is 39.1 Å². The maximum absolute atomic E-state index is 14.2. The summed E-state index contributed by atoms with van der Waals surface area (Å²) in [6.07, 6.45) is 1.27. The Labute approximate surface area is 238 Å². The fraction of sp³-hybridized carbons (Fsp3) is 0.0385. The molecule has 4 aromatic rings. The molecule has 1 aromatic heterocycles. The number of hydrogen-bond acceptors (Lipinski definition) is 3. The first-order chi connectivity index (χ1) is 18.1. The Kier molecular flexibility index (Phi) is 7.19. The van der Waals surface area contributed by atoms with Crippen molar-refractivity contribution in [3.63, 3.8) is 0 Å². The van der Waals surface area contributed by atoms with Crippen LogP contribution in [0.3, 0.4) is 0 Å². The standard InChI is InChI=1S/C26H15BrCl3FN4O3/c27-15-9-18(29)23(19(30)10-15)35-24(36)17(22(33-35)13-5-7-16(28)8-6-13)11-21-25(37)34(26(38)32-21)12-14-3-1-2-4-20(14)31/h1-11,33H,12H2,(H,32,38). The molecule has 12 heteroatoms. The summed E-state index contributed by atoms with van der Waals surface area (Å²) < 4.78 is 15.9. The zero-order chi connectivity index (χ0) is 27.1. The minimum atomic E-state index is -0.743. The van der Waals surface area contributed by atoms with Crippen molar-refractivity contribution in [2.45, 2.75) is 6.54 Å². The van der Waals surface area contributed by atoms with Crippen molar-refractivity contribution in [1.82, 2.24) is 20.0 Å². The van der Waals surface area contributed by atoms with E-state index in [4.69, 9.17) is 34.8 Å². The fourth-order valence-electron chi connectivity index (χ4n) is 3.98. The Hall–Kier alpha value is -3.37. The van der Waals surface area contributed by atoms with Crippen molar-refractivity contribution < 1.29 is 14.0 Å². The van der Waals surface area contributed by atoms with Crippen LogP contribution in [0.4, 0.5) is 9.18 Å². The van der Waals surface area contributed by atoms with Gasteiger partial charge in [0.1, 0.15) is 17.2 Å². The average molecular weight is 637 g/mol. The summed E-state index contributed by atoms with van der Waals surface area (Å²) in [4.78, 5) is 40.3. The van der Waals surface area contributed by atoms with E-state index in [0.717, 1.165) is 9.58 Å². The van der Waals surface area contributed by atoms with Crippen LogP contribution in [0.2, 0.25) is 15.1 Å². The van der Waals surface area contributed by atoms with Crippen LogP contribution >= 0.6 is 50.7 Å². The number of aromatic nitrogens is 2. The van der Waals surface area contributed by atoms with Gasteiger partial charge in [0, 0.05) is 20.6 Å². The molecule has 3 aromatic carbocycles. The molecule has 1 aliphatic rings. The Morgan fingerprint density at radius 3 is 2.26 bits per heavy atom. The van der Waals surface area contributed by atoms with Gasteiger partial charge in [-0.15, -0.1) is 0 Å². The van der Waals surface area contributed by atoms with Gasteiger partial charge in [-0.2, -0.15) is 0 Å². The van der Waals surface area contributed by atoms with Crippen LogP contribution in [0.15, 0.2) is 75.6 Å². The number of aromatic amines is 1. The highest BCUT2D eigenvalue weighted by Gasteiger charge is 2.35. The van der Waals surface area contributed by atoms with Gasteiger partial charge in [0.15, 0.2) is 0 Å². The third kappa shape index (κ3) is 4.90. The first-order valence-corrected chi connectivity index (χ1v) is 12.9. The molecular formula is C26H15BrCl3FN4O3. The highest BCUT2D eigenvalue weighted by atomic mass is 79.9. The predicted octanol–water partition coefficient (Wildman–Crippen LogP) is 6.79. The second-order valence-corrected chi connectivity index (χ2v) is 10.4.